The molecule has 0 atom stereocenters. The largest absolute Gasteiger partial charge is 0.496 e. The normalized spacial score (nSPS) is 10.1. The minimum atomic E-state index is 0.880. The molecule has 1 heterocycles. The lowest BCUT2D eigenvalue weighted by Crippen LogP contribution is -1.87. The van der Waals surface area contributed by atoms with E-state index in [1.807, 2.05) is 23.7 Å². The summed E-state index contributed by atoms with van der Waals surface area (Å²) in [5, 5.41) is 2.97. The molecule has 2 rings (SSSR count). The first-order valence-corrected chi connectivity index (χ1v) is 5.24. The second-order valence-corrected chi connectivity index (χ2v) is 3.94. The van der Waals surface area contributed by atoms with Crippen molar-refractivity contribution in [3.8, 4) is 16.3 Å². The first kappa shape index (κ1) is 9.21. The van der Waals surface area contributed by atoms with Crippen molar-refractivity contribution in [2.24, 2.45) is 0 Å². The summed E-state index contributed by atoms with van der Waals surface area (Å²) in [7, 11) is 1.68. The standard InChI is InChI=1S/C11H11NOS/c1-8-3-4-10(13-2)9(7-8)11-12-5-6-14-11/h3-7H,1-2H3. The summed E-state index contributed by atoms with van der Waals surface area (Å²) in [5.74, 6) is 0.880. The molecule has 0 saturated carbocycles. The maximum absolute atomic E-state index is 5.29. The van der Waals surface area contributed by atoms with E-state index < -0.39 is 0 Å². The molecule has 14 heavy (non-hydrogen) atoms. The van der Waals surface area contributed by atoms with E-state index in [0.717, 1.165) is 16.3 Å². The molecule has 0 fully saturated rings. The van der Waals surface area contributed by atoms with Crippen LogP contribution in [0.25, 0.3) is 10.6 Å². The zero-order valence-electron chi connectivity index (χ0n) is 8.15. The average Bonchev–Trinajstić information content (AvgIpc) is 2.70. The van der Waals surface area contributed by atoms with Crippen LogP contribution in [0.2, 0.25) is 0 Å². The molecule has 0 N–H and O–H groups in total. The predicted octanol–water partition coefficient (Wildman–Crippen LogP) is 3.13. The van der Waals surface area contributed by atoms with Gasteiger partial charge in [-0.2, -0.15) is 0 Å². The molecular weight excluding hydrogens is 194 g/mol. The zero-order chi connectivity index (χ0) is 9.97. The number of rotatable bonds is 2. The predicted molar refractivity (Wildman–Crippen MR) is 58.8 cm³/mol. The molecule has 0 radical (unpaired) electrons. The molecule has 0 saturated heterocycles. The van der Waals surface area contributed by atoms with E-state index in [4.69, 9.17) is 4.74 Å². The molecule has 0 amide bonds. The van der Waals surface area contributed by atoms with Gasteiger partial charge in [0.15, 0.2) is 0 Å². The topological polar surface area (TPSA) is 22.1 Å². The van der Waals surface area contributed by atoms with Gasteiger partial charge in [0.05, 0.1) is 12.7 Å². The minimum absolute atomic E-state index is 0.880. The number of ether oxygens (including phenoxy) is 1. The number of aryl methyl sites for hydroxylation is 1. The van der Waals surface area contributed by atoms with Crippen LogP contribution in [0, 0.1) is 6.92 Å². The first-order valence-electron chi connectivity index (χ1n) is 4.36. The van der Waals surface area contributed by atoms with E-state index in [2.05, 4.69) is 18.0 Å². The molecular formula is C11H11NOS. The lowest BCUT2D eigenvalue weighted by molar-refractivity contribution is 0.416. The Morgan fingerprint density at radius 3 is 2.86 bits per heavy atom. The maximum atomic E-state index is 5.29. The molecule has 1 aromatic carbocycles. The van der Waals surface area contributed by atoms with Gasteiger partial charge in [0, 0.05) is 11.6 Å². The fraction of sp³-hybridized carbons (Fsp3) is 0.182. The SMILES string of the molecule is COc1ccc(C)cc1-c1nccs1. The molecule has 0 aliphatic heterocycles. The maximum Gasteiger partial charge on any atom is 0.129 e. The van der Waals surface area contributed by atoms with Gasteiger partial charge < -0.3 is 4.74 Å². The molecule has 0 bridgehead atoms. The summed E-state index contributed by atoms with van der Waals surface area (Å²) in [4.78, 5) is 4.27. The Morgan fingerprint density at radius 1 is 1.36 bits per heavy atom. The van der Waals surface area contributed by atoms with Gasteiger partial charge in [-0.3, -0.25) is 0 Å². The van der Waals surface area contributed by atoms with Crippen LogP contribution in [0.4, 0.5) is 0 Å². The Balaban J connectivity index is 2.55. The molecule has 0 aliphatic carbocycles. The van der Waals surface area contributed by atoms with E-state index >= 15 is 0 Å². The highest BCUT2D eigenvalue weighted by Crippen LogP contribution is 2.31. The van der Waals surface area contributed by atoms with Crippen LogP contribution in [0.15, 0.2) is 29.8 Å². The van der Waals surface area contributed by atoms with Crippen molar-refractivity contribution in [3.05, 3.63) is 35.3 Å². The quantitative estimate of drug-likeness (QED) is 0.751. The lowest BCUT2D eigenvalue weighted by atomic mass is 10.1. The molecule has 1 aromatic heterocycles. The molecule has 0 aliphatic rings. The number of nitrogens with zero attached hydrogens (tertiary/aromatic N) is 1. The number of aromatic nitrogens is 1. The third kappa shape index (κ3) is 1.63. The van der Waals surface area contributed by atoms with Crippen LogP contribution in [0.3, 0.4) is 0 Å². The lowest BCUT2D eigenvalue weighted by Gasteiger charge is -2.06. The van der Waals surface area contributed by atoms with Crippen molar-refractivity contribution in [1.29, 1.82) is 0 Å². The minimum Gasteiger partial charge on any atom is -0.496 e. The number of thiazole rings is 1. The van der Waals surface area contributed by atoms with Crippen LogP contribution in [0.5, 0.6) is 5.75 Å². The summed E-state index contributed by atoms with van der Waals surface area (Å²) in [6, 6.07) is 6.11. The summed E-state index contributed by atoms with van der Waals surface area (Å²) in [6.45, 7) is 2.07. The third-order valence-electron chi connectivity index (χ3n) is 2.02. The zero-order valence-corrected chi connectivity index (χ0v) is 8.97. The molecule has 2 aromatic rings. The molecule has 0 unspecified atom stereocenters. The average molecular weight is 205 g/mol. The van der Waals surface area contributed by atoms with Gasteiger partial charge in [-0.15, -0.1) is 11.3 Å². The number of methoxy groups -OCH3 is 1. The molecule has 72 valence electrons. The van der Waals surface area contributed by atoms with Crippen LogP contribution < -0.4 is 4.74 Å². The van der Waals surface area contributed by atoms with E-state index in [9.17, 15) is 0 Å². The van der Waals surface area contributed by atoms with Gasteiger partial charge in [-0.05, 0) is 19.1 Å². The van der Waals surface area contributed by atoms with Gasteiger partial charge in [-0.1, -0.05) is 11.6 Å². The van der Waals surface area contributed by atoms with Crippen molar-refractivity contribution in [2.75, 3.05) is 7.11 Å². The number of hydrogen-bond acceptors (Lipinski definition) is 3. The highest BCUT2D eigenvalue weighted by Gasteiger charge is 2.07. The summed E-state index contributed by atoms with van der Waals surface area (Å²) < 4.78 is 5.29. The van der Waals surface area contributed by atoms with Crippen LogP contribution in [-0.4, -0.2) is 12.1 Å². The van der Waals surface area contributed by atoms with Crippen LogP contribution in [0.1, 0.15) is 5.56 Å². The van der Waals surface area contributed by atoms with Gasteiger partial charge in [-0.25, -0.2) is 4.98 Å². The van der Waals surface area contributed by atoms with Gasteiger partial charge in [0.25, 0.3) is 0 Å². The Hall–Kier alpha value is -1.35. The second-order valence-electron chi connectivity index (χ2n) is 3.04. The van der Waals surface area contributed by atoms with Crippen LogP contribution in [-0.2, 0) is 0 Å². The summed E-state index contributed by atoms with van der Waals surface area (Å²) >= 11 is 1.62. The second kappa shape index (κ2) is 3.80. The van der Waals surface area contributed by atoms with E-state index in [0.29, 0.717) is 0 Å². The van der Waals surface area contributed by atoms with Crippen LogP contribution >= 0.6 is 11.3 Å². The van der Waals surface area contributed by atoms with Crippen molar-refractivity contribution >= 4 is 11.3 Å². The van der Waals surface area contributed by atoms with E-state index in [1.165, 1.54) is 5.56 Å². The fourth-order valence-electron chi connectivity index (χ4n) is 1.35. The molecule has 2 nitrogen and oxygen atoms in total. The summed E-state index contributed by atoms with van der Waals surface area (Å²) in [6.07, 6.45) is 1.81. The Labute approximate surface area is 87.2 Å². The van der Waals surface area contributed by atoms with Crippen molar-refractivity contribution in [3.63, 3.8) is 0 Å². The van der Waals surface area contributed by atoms with E-state index in [1.54, 1.807) is 18.4 Å². The Kier molecular flexibility index (Phi) is 2.50. The number of hydrogen-bond donors (Lipinski definition) is 0. The fourth-order valence-corrected chi connectivity index (χ4v) is 2.00. The summed E-state index contributed by atoms with van der Waals surface area (Å²) in [5.41, 5.74) is 2.29. The van der Waals surface area contributed by atoms with Gasteiger partial charge in [0.1, 0.15) is 10.8 Å². The molecule has 0 spiro atoms. The Bertz CT molecular complexity index is 423. The van der Waals surface area contributed by atoms with E-state index in [-0.39, 0.29) is 0 Å². The third-order valence-corrected chi connectivity index (χ3v) is 2.82. The number of benzene rings is 1. The van der Waals surface area contributed by atoms with Crippen molar-refractivity contribution in [1.82, 2.24) is 4.98 Å². The Morgan fingerprint density at radius 2 is 2.21 bits per heavy atom. The van der Waals surface area contributed by atoms with Crippen molar-refractivity contribution < 1.29 is 4.74 Å². The van der Waals surface area contributed by atoms with Gasteiger partial charge >= 0.3 is 0 Å². The molecule has 3 heteroatoms. The van der Waals surface area contributed by atoms with Crippen molar-refractivity contribution in [2.45, 2.75) is 6.92 Å². The highest BCUT2D eigenvalue weighted by molar-refractivity contribution is 7.13. The van der Waals surface area contributed by atoms with Gasteiger partial charge in [0.2, 0.25) is 0 Å². The highest BCUT2D eigenvalue weighted by atomic mass is 32.1. The monoisotopic (exact) mass is 205 g/mol. The first-order chi connectivity index (χ1) is 6.81. The smallest absolute Gasteiger partial charge is 0.129 e.